The van der Waals surface area contributed by atoms with Crippen LogP contribution >= 0.6 is 15.9 Å². The molecule has 0 spiro atoms. The average molecular weight is 337 g/mol. The Labute approximate surface area is 125 Å². The highest BCUT2D eigenvalue weighted by atomic mass is 79.9. The van der Waals surface area contributed by atoms with E-state index in [9.17, 15) is 9.18 Å². The van der Waals surface area contributed by atoms with E-state index in [0.29, 0.717) is 15.8 Å². The Morgan fingerprint density at radius 2 is 1.95 bits per heavy atom. The summed E-state index contributed by atoms with van der Waals surface area (Å²) in [5, 5.41) is 2.73. The zero-order valence-corrected chi connectivity index (χ0v) is 12.7. The monoisotopic (exact) mass is 336 g/mol. The van der Waals surface area contributed by atoms with Gasteiger partial charge in [0.1, 0.15) is 5.82 Å². The summed E-state index contributed by atoms with van der Waals surface area (Å²) in [6, 6.07) is 8.00. The minimum atomic E-state index is -0.573. The molecule has 20 heavy (non-hydrogen) atoms. The van der Waals surface area contributed by atoms with Crippen LogP contribution in [0.3, 0.4) is 0 Å². The Bertz CT molecular complexity index is 666. The van der Waals surface area contributed by atoms with E-state index < -0.39 is 11.7 Å². The predicted octanol–water partition coefficient (Wildman–Crippen LogP) is 4.04. The van der Waals surface area contributed by atoms with Crippen molar-refractivity contribution < 1.29 is 9.18 Å². The molecule has 0 saturated carbocycles. The largest absolute Gasteiger partial charge is 0.398 e. The molecule has 0 radical (unpaired) electrons. The molecule has 5 heteroatoms. The molecule has 0 aromatic heterocycles. The molecule has 0 aliphatic carbocycles. The second-order valence-electron chi connectivity index (χ2n) is 4.52. The number of anilines is 2. The lowest BCUT2D eigenvalue weighted by atomic mass is 10.1. The number of halogens is 2. The van der Waals surface area contributed by atoms with Crippen LogP contribution < -0.4 is 11.1 Å². The first kappa shape index (κ1) is 14.5. The van der Waals surface area contributed by atoms with Crippen molar-refractivity contribution in [2.75, 3.05) is 11.1 Å². The minimum absolute atomic E-state index is 0.0197. The Kier molecular flexibility index (Phi) is 4.09. The second-order valence-corrected chi connectivity index (χ2v) is 5.38. The molecule has 0 heterocycles. The van der Waals surface area contributed by atoms with Gasteiger partial charge in [-0.1, -0.05) is 12.1 Å². The molecule has 0 unspecified atom stereocenters. The molecule has 2 aromatic carbocycles. The number of aryl methyl sites for hydroxylation is 1. The quantitative estimate of drug-likeness (QED) is 0.813. The van der Waals surface area contributed by atoms with E-state index in [1.165, 1.54) is 12.1 Å². The van der Waals surface area contributed by atoms with Crippen molar-refractivity contribution in [1.29, 1.82) is 0 Å². The van der Waals surface area contributed by atoms with Crippen molar-refractivity contribution in [3.63, 3.8) is 0 Å². The molecule has 0 saturated heterocycles. The van der Waals surface area contributed by atoms with Crippen LogP contribution in [0.15, 0.2) is 34.8 Å². The van der Waals surface area contributed by atoms with Gasteiger partial charge < -0.3 is 11.1 Å². The molecule has 2 aromatic rings. The number of carbonyl (C=O) groups is 1. The third-order valence-electron chi connectivity index (χ3n) is 3.14. The summed E-state index contributed by atoms with van der Waals surface area (Å²) in [6.07, 6.45) is 0. The van der Waals surface area contributed by atoms with Gasteiger partial charge in [0, 0.05) is 15.8 Å². The fourth-order valence-corrected chi connectivity index (χ4v) is 2.47. The number of amides is 1. The van der Waals surface area contributed by atoms with E-state index >= 15 is 0 Å². The SMILES string of the molecule is Cc1ccc(N)c(C)c1NC(=O)c1c(F)cccc1Br. The zero-order chi connectivity index (χ0) is 14.9. The van der Waals surface area contributed by atoms with Crippen molar-refractivity contribution in [2.45, 2.75) is 13.8 Å². The number of nitrogens with two attached hydrogens (primary N) is 1. The van der Waals surface area contributed by atoms with Crippen molar-refractivity contribution in [3.05, 3.63) is 57.3 Å². The van der Waals surface area contributed by atoms with Gasteiger partial charge in [0.05, 0.1) is 5.56 Å². The Morgan fingerprint density at radius 1 is 1.25 bits per heavy atom. The first-order chi connectivity index (χ1) is 9.41. The van der Waals surface area contributed by atoms with E-state index in [-0.39, 0.29) is 5.56 Å². The van der Waals surface area contributed by atoms with Crippen LogP contribution in [0, 0.1) is 19.7 Å². The van der Waals surface area contributed by atoms with Crippen molar-refractivity contribution in [1.82, 2.24) is 0 Å². The standard InChI is InChI=1S/C15H14BrFN2O/c1-8-6-7-12(18)9(2)14(8)19-15(20)13-10(16)4-3-5-11(13)17/h3-7H,18H2,1-2H3,(H,19,20). The van der Waals surface area contributed by atoms with Gasteiger partial charge >= 0.3 is 0 Å². The zero-order valence-electron chi connectivity index (χ0n) is 11.1. The average Bonchev–Trinajstić information content (AvgIpc) is 2.39. The first-order valence-electron chi connectivity index (χ1n) is 6.03. The van der Waals surface area contributed by atoms with Crippen LogP contribution in [0.4, 0.5) is 15.8 Å². The van der Waals surface area contributed by atoms with E-state index in [1.54, 1.807) is 12.1 Å². The third-order valence-corrected chi connectivity index (χ3v) is 3.80. The summed E-state index contributed by atoms with van der Waals surface area (Å²) < 4.78 is 14.2. The lowest BCUT2D eigenvalue weighted by Crippen LogP contribution is -2.16. The number of nitrogens with one attached hydrogen (secondary N) is 1. The van der Waals surface area contributed by atoms with Gasteiger partial charge in [0.2, 0.25) is 0 Å². The molecule has 2 rings (SSSR count). The molecule has 0 aliphatic rings. The van der Waals surface area contributed by atoms with Gasteiger partial charge in [-0.05, 0) is 59.1 Å². The molecule has 3 nitrogen and oxygen atoms in total. The first-order valence-corrected chi connectivity index (χ1v) is 6.82. The van der Waals surface area contributed by atoms with E-state index in [2.05, 4.69) is 21.2 Å². The maximum atomic E-state index is 13.8. The Hall–Kier alpha value is -1.88. The van der Waals surface area contributed by atoms with Gasteiger partial charge in [-0.2, -0.15) is 0 Å². The number of hydrogen-bond donors (Lipinski definition) is 2. The summed E-state index contributed by atoms with van der Waals surface area (Å²) >= 11 is 3.19. The van der Waals surface area contributed by atoms with E-state index in [0.717, 1.165) is 11.1 Å². The predicted molar refractivity (Wildman–Crippen MR) is 82.4 cm³/mol. The molecule has 0 bridgehead atoms. The van der Waals surface area contributed by atoms with Crippen LogP contribution in [-0.2, 0) is 0 Å². The molecule has 0 aliphatic heterocycles. The molecular formula is C15H14BrFN2O. The van der Waals surface area contributed by atoms with E-state index in [4.69, 9.17) is 5.73 Å². The summed E-state index contributed by atoms with van der Waals surface area (Å²) in [5.41, 5.74) is 8.65. The summed E-state index contributed by atoms with van der Waals surface area (Å²) in [6.45, 7) is 3.67. The summed E-state index contributed by atoms with van der Waals surface area (Å²) in [5.74, 6) is -1.08. The van der Waals surface area contributed by atoms with E-state index in [1.807, 2.05) is 19.9 Å². The van der Waals surface area contributed by atoms with Gasteiger partial charge in [-0.3, -0.25) is 4.79 Å². The van der Waals surface area contributed by atoms with Crippen LogP contribution in [0.1, 0.15) is 21.5 Å². The summed E-state index contributed by atoms with van der Waals surface area (Å²) in [7, 11) is 0. The van der Waals surface area contributed by atoms with Gasteiger partial charge in [0.25, 0.3) is 5.91 Å². The second kappa shape index (κ2) is 5.63. The van der Waals surface area contributed by atoms with Crippen molar-refractivity contribution >= 4 is 33.2 Å². The maximum Gasteiger partial charge on any atom is 0.259 e. The number of benzene rings is 2. The number of hydrogen-bond acceptors (Lipinski definition) is 2. The highest BCUT2D eigenvalue weighted by molar-refractivity contribution is 9.10. The van der Waals surface area contributed by atoms with Crippen LogP contribution in [0.2, 0.25) is 0 Å². The molecule has 0 atom stereocenters. The minimum Gasteiger partial charge on any atom is -0.398 e. The number of nitrogen functional groups attached to an aromatic ring is 1. The number of rotatable bonds is 2. The lowest BCUT2D eigenvalue weighted by Gasteiger charge is -2.14. The van der Waals surface area contributed by atoms with Crippen molar-refractivity contribution in [3.8, 4) is 0 Å². The number of carbonyl (C=O) groups excluding carboxylic acids is 1. The smallest absolute Gasteiger partial charge is 0.259 e. The van der Waals surface area contributed by atoms with Gasteiger partial charge in [0.15, 0.2) is 0 Å². The van der Waals surface area contributed by atoms with Crippen LogP contribution in [0.25, 0.3) is 0 Å². The highest BCUT2D eigenvalue weighted by Gasteiger charge is 2.17. The topological polar surface area (TPSA) is 55.1 Å². The van der Waals surface area contributed by atoms with Crippen LogP contribution in [-0.4, -0.2) is 5.91 Å². The molecule has 1 amide bonds. The van der Waals surface area contributed by atoms with Crippen molar-refractivity contribution in [2.24, 2.45) is 0 Å². The summed E-state index contributed by atoms with van der Waals surface area (Å²) in [4.78, 5) is 12.2. The van der Waals surface area contributed by atoms with Crippen LogP contribution in [0.5, 0.6) is 0 Å². The molecule has 104 valence electrons. The maximum absolute atomic E-state index is 13.8. The third kappa shape index (κ3) is 2.67. The molecular weight excluding hydrogens is 323 g/mol. The fraction of sp³-hybridized carbons (Fsp3) is 0.133. The normalized spacial score (nSPS) is 10.4. The Balaban J connectivity index is 2.41. The van der Waals surface area contributed by atoms with Gasteiger partial charge in [-0.25, -0.2) is 4.39 Å². The molecule has 0 fully saturated rings. The fourth-order valence-electron chi connectivity index (χ4n) is 1.95. The van der Waals surface area contributed by atoms with Gasteiger partial charge in [-0.15, -0.1) is 0 Å². The Morgan fingerprint density at radius 3 is 2.60 bits per heavy atom. The highest BCUT2D eigenvalue weighted by Crippen LogP contribution is 2.27. The molecule has 3 N–H and O–H groups in total. The lowest BCUT2D eigenvalue weighted by molar-refractivity contribution is 0.102.